The molecule has 1 fully saturated rings. The minimum absolute atomic E-state index is 0. The standard InChI is InChI=1S/C13H17ClN2O.ClH/c1-15-9-13(17)16-8-4-7-12(16)10-5-2-3-6-11(10)14;/h2-3,5-6,12,15H,4,7-9H2,1H3;1H. The topological polar surface area (TPSA) is 32.3 Å². The summed E-state index contributed by atoms with van der Waals surface area (Å²) in [6, 6.07) is 7.93. The van der Waals surface area contributed by atoms with Gasteiger partial charge in [-0.2, -0.15) is 0 Å². The van der Waals surface area contributed by atoms with E-state index in [4.69, 9.17) is 11.6 Å². The summed E-state index contributed by atoms with van der Waals surface area (Å²) in [6.07, 6.45) is 2.05. The number of rotatable bonds is 3. The second kappa shape index (κ2) is 6.98. The zero-order chi connectivity index (χ0) is 12.3. The molecule has 1 aromatic rings. The first-order chi connectivity index (χ1) is 8.24. The first-order valence-electron chi connectivity index (χ1n) is 5.92. The molecule has 0 saturated carbocycles. The SMILES string of the molecule is CNCC(=O)N1CCCC1c1ccccc1Cl.Cl. The van der Waals surface area contributed by atoms with Crippen LogP contribution in [0.5, 0.6) is 0 Å². The van der Waals surface area contributed by atoms with E-state index in [9.17, 15) is 4.79 Å². The molecule has 1 atom stereocenters. The van der Waals surface area contributed by atoms with Crippen molar-refractivity contribution < 1.29 is 4.79 Å². The van der Waals surface area contributed by atoms with E-state index in [2.05, 4.69) is 5.32 Å². The number of halogens is 2. The minimum Gasteiger partial charge on any atom is -0.334 e. The maximum absolute atomic E-state index is 12.0. The zero-order valence-corrected chi connectivity index (χ0v) is 11.9. The van der Waals surface area contributed by atoms with Crippen LogP contribution >= 0.6 is 24.0 Å². The van der Waals surface area contributed by atoms with E-state index in [0.717, 1.165) is 30.0 Å². The molecule has 1 saturated heterocycles. The molecule has 1 amide bonds. The first kappa shape index (κ1) is 15.3. The van der Waals surface area contributed by atoms with Crippen LogP contribution in [0.25, 0.3) is 0 Å². The van der Waals surface area contributed by atoms with E-state index in [1.54, 1.807) is 7.05 Å². The van der Waals surface area contributed by atoms with Gasteiger partial charge in [-0.05, 0) is 31.5 Å². The third-order valence-electron chi connectivity index (χ3n) is 3.17. The average molecular weight is 289 g/mol. The highest BCUT2D eigenvalue weighted by Gasteiger charge is 2.30. The maximum Gasteiger partial charge on any atom is 0.237 e. The van der Waals surface area contributed by atoms with E-state index in [-0.39, 0.29) is 24.4 Å². The number of benzene rings is 1. The zero-order valence-electron chi connectivity index (χ0n) is 10.4. The van der Waals surface area contributed by atoms with E-state index >= 15 is 0 Å². The van der Waals surface area contributed by atoms with Gasteiger partial charge in [-0.25, -0.2) is 0 Å². The molecule has 0 radical (unpaired) electrons. The second-order valence-corrected chi connectivity index (χ2v) is 4.70. The lowest BCUT2D eigenvalue weighted by atomic mass is 10.0. The highest BCUT2D eigenvalue weighted by atomic mass is 35.5. The minimum atomic E-state index is 0. The van der Waals surface area contributed by atoms with Gasteiger partial charge in [0.05, 0.1) is 12.6 Å². The van der Waals surface area contributed by atoms with Crippen LogP contribution < -0.4 is 5.32 Å². The van der Waals surface area contributed by atoms with E-state index in [0.29, 0.717) is 6.54 Å². The van der Waals surface area contributed by atoms with Gasteiger partial charge in [0.15, 0.2) is 0 Å². The van der Waals surface area contributed by atoms with Crippen LogP contribution in [0.2, 0.25) is 5.02 Å². The van der Waals surface area contributed by atoms with Crippen LogP contribution in [0.15, 0.2) is 24.3 Å². The molecule has 1 aliphatic rings. The summed E-state index contributed by atoms with van der Waals surface area (Å²) in [5, 5.41) is 3.66. The Morgan fingerprint density at radius 1 is 1.50 bits per heavy atom. The highest BCUT2D eigenvalue weighted by Crippen LogP contribution is 2.35. The molecule has 2 rings (SSSR count). The van der Waals surface area contributed by atoms with Gasteiger partial charge < -0.3 is 10.2 Å². The smallest absolute Gasteiger partial charge is 0.237 e. The molecule has 1 heterocycles. The van der Waals surface area contributed by atoms with E-state index in [1.807, 2.05) is 29.2 Å². The Labute approximate surface area is 119 Å². The number of likely N-dealkylation sites (tertiary alicyclic amines) is 1. The van der Waals surface area contributed by atoms with Crippen molar-refractivity contribution >= 4 is 29.9 Å². The Kier molecular flexibility index (Phi) is 5.93. The van der Waals surface area contributed by atoms with Crippen LogP contribution in [0.1, 0.15) is 24.4 Å². The molecular weight excluding hydrogens is 271 g/mol. The quantitative estimate of drug-likeness (QED) is 0.927. The van der Waals surface area contributed by atoms with Crippen LogP contribution in [-0.4, -0.2) is 30.9 Å². The molecule has 0 bridgehead atoms. The Bertz CT molecular complexity index is 412. The van der Waals surface area contributed by atoms with Gasteiger partial charge >= 0.3 is 0 Å². The van der Waals surface area contributed by atoms with Crippen LogP contribution in [-0.2, 0) is 4.79 Å². The molecule has 100 valence electrons. The monoisotopic (exact) mass is 288 g/mol. The molecule has 1 aliphatic heterocycles. The summed E-state index contributed by atoms with van der Waals surface area (Å²) < 4.78 is 0. The Morgan fingerprint density at radius 3 is 2.89 bits per heavy atom. The third-order valence-corrected chi connectivity index (χ3v) is 3.51. The lowest BCUT2D eigenvalue weighted by Crippen LogP contribution is -2.36. The number of carbonyl (C=O) groups excluding carboxylic acids is 1. The van der Waals surface area contributed by atoms with E-state index in [1.165, 1.54) is 0 Å². The predicted molar refractivity (Wildman–Crippen MR) is 76.3 cm³/mol. The van der Waals surface area contributed by atoms with Crippen molar-refractivity contribution in [3.8, 4) is 0 Å². The van der Waals surface area contributed by atoms with Gasteiger partial charge in [-0.15, -0.1) is 12.4 Å². The highest BCUT2D eigenvalue weighted by molar-refractivity contribution is 6.31. The van der Waals surface area contributed by atoms with Crippen LogP contribution in [0, 0.1) is 0 Å². The van der Waals surface area contributed by atoms with Gasteiger partial charge in [0.2, 0.25) is 5.91 Å². The van der Waals surface area contributed by atoms with E-state index < -0.39 is 0 Å². The largest absolute Gasteiger partial charge is 0.334 e. The van der Waals surface area contributed by atoms with Crippen molar-refractivity contribution in [3.63, 3.8) is 0 Å². The first-order valence-corrected chi connectivity index (χ1v) is 6.30. The summed E-state index contributed by atoms with van der Waals surface area (Å²) in [6.45, 7) is 1.22. The molecule has 0 spiro atoms. The fraction of sp³-hybridized carbons (Fsp3) is 0.462. The fourth-order valence-electron chi connectivity index (χ4n) is 2.39. The van der Waals surface area contributed by atoms with Crippen molar-refractivity contribution in [1.29, 1.82) is 0 Å². The van der Waals surface area contributed by atoms with Crippen molar-refractivity contribution in [3.05, 3.63) is 34.9 Å². The summed E-state index contributed by atoms with van der Waals surface area (Å²) in [4.78, 5) is 13.9. The molecule has 18 heavy (non-hydrogen) atoms. The van der Waals surface area contributed by atoms with Gasteiger partial charge in [-0.3, -0.25) is 4.79 Å². The average Bonchev–Trinajstić information content (AvgIpc) is 2.79. The van der Waals surface area contributed by atoms with Crippen LogP contribution in [0.4, 0.5) is 0 Å². The third kappa shape index (κ3) is 3.16. The molecule has 1 N–H and O–H groups in total. The normalized spacial score (nSPS) is 18.6. The van der Waals surface area contributed by atoms with Crippen molar-refractivity contribution in [2.75, 3.05) is 20.1 Å². The molecule has 5 heteroatoms. The number of carbonyl (C=O) groups is 1. The molecule has 0 aliphatic carbocycles. The predicted octanol–water partition coefficient (Wildman–Crippen LogP) is 2.64. The molecule has 1 aromatic carbocycles. The summed E-state index contributed by atoms with van der Waals surface area (Å²) >= 11 is 6.20. The second-order valence-electron chi connectivity index (χ2n) is 4.30. The number of likely N-dealkylation sites (N-methyl/N-ethyl adjacent to an activating group) is 1. The lowest BCUT2D eigenvalue weighted by molar-refractivity contribution is -0.131. The molecule has 1 unspecified atom stereocenters. The Hall–Kier alpha value is -0.770. The fourth-order valence-corrected chi connectivity index (χ4v) is 2.65. The van der Waals surface area contributed by atoms with Gasteiger partial charge in [0, 0.05) is 11.6 Å². The molecular formula is C13H18Cl2N2O. The number of hydrogen-bond acceptors (Lipinski definition) is 2. The van der Waals surface area contributed by atoms with Crippen LogP contribution in [0.3, 0.4) is 0 Å². The summed E-state index contributed by atoms with van der Waals surface area (Å²) in [7, 11) is 1.79. The van der Waals surface area contributed by atoms with Gasteiger partial charge in [0.1, 0.15) is 0 Å². The lowest BCUT2D eigenvalue weighted by Gasteiger charge is -2.25. The van der Waals surface area contributed by atoms with Gasteiger partial charge in [0.25, 0.3) is 0 Å². The summed E-state index contributed by atoms with van der Waals surface area (Å²) in [5.74, 6) is 0.148. The number of hydrogen-bond donors (Lipinski definition) is 1. The molecule has 3 nitrogen and oxygen atoms in total. The van der Waals surface area contributed by atoms with Crippen molar-refractivity contribution in [2.24, 2.45) is 0 Å². The van der Waals surface area contributed by atoms with Gasteiger partial charge in [-0.1, -0.05) is 29.8 Å². The number of amides is 1. The Morgan fingerprint density at radius 2 is 2.22 bits per heavy atom. The van der Waals surface area contributed by atoms with Crippen molar-refractivity contribution in [2.45, 2.75) is 18.9 Å². The summed E-state index contributed by atoms with van der Waals surface area (Å²) in [5.41, 5.74) is 1.07. The number of nitrogens with zero attached hydrogens (tertiary/aromatic N) is 1. The Balaban J connectivity index is 0.00000162. The number of nitrogens with one attached hydrogen (secondary N) is 1. The van der Waals surface area contributed by atoms with Crippen molar-refractivity contribution in [1.82, 2.24) is 10.2 Å². The maximum atomic E-state index is 12.0. The molecule has 0 aromatic heterocycles.